The average Bonchev–Trinajstić information content (AvgIpc) is 2.79. The van der Waals surface area contributed by atoms with Crippen molar-refractivity contribution in [2.45, 2.75) is 51.6 Å². The van der Waals surface area contributed by atoms with Gasteiger partial charge in [-0.3, -0.25) is 19.2 Å². The number of unbranched alkanes of at least 4 members (excludes halogenated alkanes) is 1. The van der Waals surface area contributed by atoms with Gasteiger partial charge in [0.05, 0.1) is 6.04 Å². The predicted octanol–water partition coefficient (Wildman–Crippen LogP) is -0.0231. The van der Waals surface area contributed by atoms with Gasteiger partial charge in [0.2, 0.25) is 17.6 Å². The third-order valence-electron chi connectivity index (χ3n) is 4.82. The Hall–Kier alpha value is -2.78. The van der Waals surface area contributed by atoms with Crippen molar-refractivity contribution in [2.24, 2.45) is 17.4 Å². The molecule has 1 aromatic rings. The van der Waals surface area contributed by atoms with Crippen molar-refractivity contribution >= 4 is 23.5 Å². The molecule has 1 rings (SSSR count). The predicted molar refractivity (Wildman–Crippen MR) is 119 cm³/mol. The Balaban J connectivity index is 2.62. The van der Waals surface area contributed by atoms with E-state index in [2.05, 4.69) is 16.0 Å². The molecule has 0 unspecified atom stereocenters. The standard InChI is InChI=1S/C22H35N5O4/c1-16(10-11-19(28)25-14-13-24)21(30)27-18(9-5-6-12-23)20(29)22(31)26-15-17-7-3-2-4-8-17/h2-4,7-8,16,18H,5-6,9-15,23-24H2,1H3,(H,25,28)(H,26,31)(H,27,30)/t16-,18-/m0/s1. The topological polar surface area (TPSA) is 156 Å². The minimum absolute atomic E-state index is 0.179. The Morgan fingerprint density at radius 2 is 1.65 bits per heavy atom. The summed E-state index contributed by atoms with van der Waals surface area (Å²) in [6.45, 7) is 3.10. The fourth-order valence-corrected chi connectivity index (χ4v) is 2.88. The first-order valence-corrected chi connectivity index (χ1v) is 10.7. The van der Waals surface area contributed by atoms with Gasteiger partial charge >= 0.3 is 0 Å². The molecule has 0 spiro atoms. The van der Waals surface area contributed by atoms with Crippen LogP contribution in [0, 0.1) is 5.92 Å². The van der Waals surface area contributed by atoms with Crippen LogP contribution in [0.1, 0.15) is 44.6 Å². The molecular formula is C22H35N5O4. The highest BCUT2D eigenvalue weighted by Gasteiger charge is 2.28. The molecule has 0 saturated carbocycles. The lowest BCUT2D eigenvalue weighted by Gasteiger charge is -2.20. The van der Waals surface area contributed by atoms with Gasteiger partial charge < -0.3 is 27.4 Å². The van der Waals surface area contributed by atoms with Crippen molar-refractivity contribution in [1.82, 2.24) is 16.0 Å². The van der Waals surface area contributed by atoms with E-state index in [1.807, 2.05) is 30.3 Å². The first-order valence-electron chi connectivity index (χ1n) is 10.7. The molecule has 0 aliphatic rings. The van der Waals surface area contributed by atoms with E-state index < -0.39 is 23.7 Å². The van der Waals surface area contributed by atoms with E-state index in [9.17, 15) is 19.2 Å². The maximum absolute atomic E-state index is 12.7. The molecule has 1 aromatic carbocycles. The number of carbonyl (C=O) groups is 4. The second kappa shape index (κ2) is 15.1. The van der Waals surface area contributed by atoms with Gasteiger partial charge in [-0.1, -0.05) is 37.3 Å². The van der Waals surface area contributed by atoms with Crippen LogP contribution < -0.4 is 27.4 Å². The number of benzene rings is 1. The summed E-state index contributed by atoms with van der Waals surface area (Å²) < 4.78 is 0. The van der Waals surface area contributed by atoms with Crippen LogP contribution in [-0.4, -0.2) is 49.2 Å². The summed E-state index contributed by atoms with van der Waals surface area (Å²) in [5, 5.41) is 7.93. The summed E-state index contributed by atoms with van der Waals surface area (Å²) >= 11 is 0. The smallest absolute Gasteiger partial charge is 0.289 e. The van der Waals surface area contributed by atoms with Gasteiger partial charge in [0, 0.05) is 32.0 Å². The van der Waals surface area contributed by atoms with E-state index in [0.717, 1.165) is 5.56 Å². The van der Waals surface area contributed by atoms with Crippen molar-refractivity contribution < 1.29 is 19.2 Å². The fraction of sp³-hybridized carbons (Fsp3) is 0.545. The number of hydrogen-bond acceptors (Lipinski definition) is 6. The first-order chi connectivity index (χ1) is 14.9. The number of nitrogens with one attached hydrogen (secondary N) is 3. The molecule has 0 heterocycles. The molecule has 9 heteroatoms. The summed E-state index contributed by atoms with van der Waals surface area (Å²) in [6, 6.07) is 8.31. The normalized spacial score (nSPS) is 12.5. The molecule has 0 aliphatic carbocycles. The molecule has 31 heavy (non-hydrogen) atoms. The average molecular weight is 434 g/mol. The first kappa shape index (κ1) is 26.3. The number of carbonyl (C=O) groups excluding carboxylic acids is 4. The van der Waals surface area contributed by atoms with Gasteiger partial charge in [-0.15, -0.1) is 0 Å². The van der Waals surface area contributed by atoms with Gasteiger partial charge in [-0.2, -0.15) is 0 Å². The molecule has 0 aliphatic heterocycles. The minimum Gasteiger partial charge on any atom is -0.355 e. The van der Waals surface area contributed by atoms with Crippen molar-refractivity contribution in [1.29, 1.82) is 0 Å². The highest BCUT2D eigenvalue weighted by Crippen LogP contribution is 2.09. The van der Waals surface area contributed by atoms with Crippen molar-refractivity contribution in [2.75, 3.05) is 19.6 Å². The van der Waals surface area contributed by atoms with Gasteiger partial charge in [0.25, 0.3) is 5.91 Å². The van der Waals surface area contributed by atoms with E-state index in [4.69, 9.17) is 11.5 Å². The molecule has 0 saturated heterocycles. The van der Waals surface area contributed by atoms with Gasteiger partial charge in [-0.25, -0.2) is 0 Å². The van der Waals surface area contributed by atoms with Crippen LogP contribution in [0.2, 0.25) is 0 Å². The number of rotatable bonds is 15. The third kappa shape index (κ3) is 10.7. The maximum atomic E-state index is 12.7. The lowest BCUT2D eigenvalue weighted by atomic mass is 10.0. The van der Waals surface area contributed by atoms with E-state index in [-0.39, 0.29) is 24.8 Å². The van der Waals surface area contributed by atoms with Crippen LogP contribution in [0.25, 0.3) is 0 Å². The molecule has 9 nitrogen and oxygen atoms in total. The largest absolute Gasteiger partial charge is 0.355 e. The SMILES string of the molecule is C[C@@H](CCC(=O)NCCN)C(=O)N[C@@H](CCCCN)C(=O)C(=O)NCc1ccccc1. The van der Waals surface area contributed by atoms with E-state index in [1.165, 1.54) is 0 Å². The summed E-state index contributed by atoms with van der Waals surface area (Å²) in [5.74, 6) is -2.46. The monoisotopic (exact) mass is 433 g/mol. The number of Topliss-reactive ketones (excluding diaryl/α,β-unsaturated/α-hetero) is 1. The quantitative estimate of drug-likeness (QED) is 0.193. The molecular weight excluding hydrogens is 398 g/mol. The van der Waals surface area contributed by atoms with E-state index in [0.29, 0.717) is 45.3 Å². The van der Waals surface area contributed by atoms with Crippen LogP contribution in [0.5, 0.6) is 0 Å². The number of hydrogen-bond donors (Lipinski definition) is 5. The second-order valence-electron chi connectivity index (χ2n) is 7.46. The number of amides is 3. The molecule has 0 radical (unpaired) electrons. The van der Waals surface area contributed by atoms with Crippen LogP contribution in [0.4, 0.5) is 0 Å². The summed E-state index contributed by atoms with van der Waals surface area (Å²) in [4.78, 5) is 49.3. The summed E-state index contributed by atoms with van der Waals surface area (Å²) in [6.07, 6.45) is 2.12. The highest BCUT2D eigenvalue weighted by atomic mass is 16.2. The maximum Gasteiger partial charge on any atom is 0.289 e. The van der Waals surface area contributed by atoms with Crippen molar-refractivity contribution in [3.05, 3.63) is 35.9 Å². The number of ketones is 1. The van der Waals surface area contributed by atoms with Gasteiger partial charge in [-0.05, 0) is 37.8 Å². The molecule has 3 amide bonds. The molecule has 2 atom stereocenters. The molecule has 7 N–H and O–H groups in total. The Kier molecular flexibility index (Phi) is 12.8. The second-order valence-corrected chi connectivity index (χ2v) is 7.46. The van der Waals surface area contributed by atoms with Gasteiger partial charge in [0.1, 0.15) is 0 Å². The van der Waals surface area contributed by atoms with Crippen LogP contribution in [0.15, 0.2) is 30.3 Å². The van der Waals surface area contributed by atoms with Gasteiger partial charge in [0.15, 0.2) is 0 Å². The highest BCUT2D eigenvalue weighted by molar-refractivity contribution is 6.38. The van der Waals surface area contributed by atoms with Crippen LogP contribution in [-0.2, 0) is 25.7 Å². The lowest BCUT2D eigenvalue weighted by molar-refractivity contribution is -0.140. The lowest BCUT2D eigenvalue weighted by Crippen LogP contribution is -2.48. The summed E-state index contributed by atoms with van der Waals surface area (Å²) in [7, 11) is 0. The fourth-order valence-electron chi connectivity index (χ4n) is 2.88. The summed E-state index contributed by atoms with van der Waals surface area (Å²) in [5.41, 5.74) is 11.7. The Morgan fingerprint density at radius 1 is 0.935 bits per heavy atom. The third-order valence-corrected chi connectivity index (χ3v) is 4.82. The zero-order valence-electron chi connectivity index (χ0n) is 18.2. The van der Waals surface area contributed by atoms with E-state index in [1.54, 1.807) is 6.92 Å². The Morgan fingerprint density at radius 3 is 2.29 bits per heavy atom. The van der Waals surface area contributed by atoms with Crippen molar-refractivity contribution in [3.63, 3.8) is 0 Å². The van der Waals surface area contributed by atoms with Crippen molar-refractivity contribution in [3.8, 4) is 0 Å². The van der Waals surface area contributed by atoms with Crippen LogP contribution >= 0.6 is 0 Å². The zero-order valence-corrected chi connectivity index (χ0v) is 18.2. The molecule has 0 fully saturated rings. The Labute approximate surface area is 183 Å². The van der Waals surface area contributed by atoms with Crippen LogP contribution in [0.3, 0.4) is 0 Å². The Bertz CT molecular complexity index is 711. The molecule has 0 aromatic heterocycles. The number of nitrogens with two attached hydrogens (primary N) is 2. The zero-order chi connectivity index (χ0) is 23.1. The van der Waals surface area contributed by atoms with E-state index >= 15 is 0 Å². The molecule has 0 bridgehead atoms. The minimum atomic E-state index is -0.927. The molecule has 172 valence electrons.